The number of carbonyl (C=O) groups excluding carboxylic acids is 1. The molecule has 0 bridgehead atoms. The fraction of sp³-hybridized carbons (Fsp3) is 0.286. The lowest BCUT2D eigenvalue weighted by Gasteiger charge is -2.15. The minimum Gasteiger partial charge on any atom is -0.349 e. The van der Waals surface area contributed by atoms with E-state index in [4.69, 9.17) is 11.6 Å². The zero-order valence-corrected chi connectivity index (χ0v) is 12.4. The maximum Gasteiger partial charge on any atom is 0.226 e. The number of carbonyl (C=O) groups is 1. The van der Waals surface area contributed by atoms with Crippen molar-refractivity contribution in [3.63, 3.8) is 0 Å². The maximum atomic E-state index is 11.9. The predicted octanol–water partition coefficient (Wildman–Crippen LogP) is 3.52. The summed E-state index contributed by atoms with van der Waals surface area (Å²) in [6.45, 7) is 3.85. The third-order valence-electron chi connectivity index (χ3n) is 2.76. The number of rotatable bonds is 4. The second-order valence-electron chi connectivity index (χ2n) is 4.35. The van der Waals surface area contributed by atoms with E-state index in [2.05, 4.69) is 10.3 Å². The van der Waals surface area contributed by atoms with Crippen molar-refractivity contribution in [1.82, 2.24) is 10.3 Å². The van der Waals surface area contributed by atoms with Gasteiger partial charge >= 0.3 is 0 Å². The van der Waals surface area contributed by atoms with Crippen molar-refractivity contribution in [3.05, 3.63) is 50.9 Å². The number of amides is 1. The fourth-order valence-electron chi connectivity index (χ4n) is 1.85. The zero-order chi connectivity index (χ0) is 13.8. The molecular weight excluding hydrogens is 280 g/mol. The van der Waals surface area contributed by atoms with Gasteiger partial charge in [0.1, 0.15) is 0 Å². The number of halogens is 1. The van der Waals surface area contributed by atoms with Gasteiger partial charge in [-0.05, 0) is 25.5 Å². The Kier molecular flexibility index (Phi) is 4.56. The van der Waals surface area contributed by atoms with Gasteiger partial charge in [-0.15, -0.1) is 11.3 Å². The van der Waals surface area contributed by atoms with E-state index in [1.807, 2.05) is 43.5 Å². The van der Waals surface area contributed by atoms with E-state index in [0.29, 0.717) is 11.4 Å². The molecule has 0 aliphatic carbocycles. The molecule has 1 aromatic carbocycles. The van der Waals surface area contributed by atoms with Gasteiger partial charge in [0, 0.05) is 10.4 Å². The summed E-state index contributed by atoms with van der Waals surface area (Å²) in [5.74, 6) is -0.0438. The van der Waals surface area contributed by atoms with E-state index in [1.165, 1.54) is 0 Å². The Morgan fingerprint density at radius 2 is 2.21 bits per heavy atom. The van der Waals surface area contributed by atoms with Crippen molar-refractivity contribution in [2.24, 2.45) is 0 Å². The van der Waals surface area contributed by atoms with Crippen molar-refractivity contribution in [3.8, 4) is 0 Å². The van der Waals surface area contributed by atoms with E-state index in [-0.39, 0.29) is 11.9 Å². The predicted molar refractivity (Wildman–Crippen MR) is 78.6 cm³/mol. The summed E-state index contributed by atoms with van der Waals surface area (Å²) in [4.78, 5) is 16.2. The van der Waals surface area contributed by atoms with E-state index in [1.54, 1.807) is 11.3 Å². The SMILES string of the molecule is Cc1nc(CC(=O)N[C@@H](C)c2ccccc2Cl)cs1. The fourth-order valence-corrected chi connectivity index (χ4v) is 2.76. The van der Waals surface area contributed by atoms with Gasteiger partial charge in [-0.25, -0.2) is 4.98 Å². The van der Waals surface area contributed by atoms with Crippen LogP contribution in [-0.2, 0) is 11.2 Å². The smallest absolute Gasteiger partial charge is 0.226 e. The van der Waals surface area contributed by atoms with Crippen LogP contribution in [0.15, 0.2) is 29.6 Å². The van der Waals surface area contributed by atoms with Crippen molar-refractivity contribution < 1.29 is 4.79 Å². The molecule has 1 heterocycles. The van der Waals surface area contributed by atoms with E-state index >= 15 is 0 Å². The molecule has 2 rings (SSSR count). The summed E-state index contributed by atoms with van der Waals surface area (Å²) in [7, 11) is 0. The van der Waals surface area contributed by atoms with Crippen molar-refractivity contribution in [2.75, 3.05) is 0 Å². The summed E-state index contributed by atoms with van der Waals surface area (Å²) in [5, 5.41) is 6.49. The van der Waals surface area contributed by atoms with Gasteiger partial charge in [0.15, 0.2) is 0 Å². The second kappa shape index (κ2) is 6.17. The lowest BCUT2D eigenvalue weighted by Crippen LogP contribution is -2.28. The molecule has 0 unspecified atom stereocenters. The van der Waals surface area contributed by atoms with Gasteiger partial charge in [-0.1, -0.05) is 29.8 Å². The molecule has 5 heteroatoms. The molecule has 0 saturated carbocycles. The normalized spacial score (nSPS) is 12.2. The summed E-state index contributed by atoms with van der Waals surface area (Å²) in [6.07, 6.45) is 0.305. The second-order valence-corrected chi connectivity index (χ2v) is 5.81. The van der Waals surface area contributed by atoms with Crippen LogP contribution in [0.25, 0.3) is 0 Å². The Hall–Kier alpha value is -1.39. The average Bonchev–Trinajstić information content (AvgIpc) is 2.74. The third-order valence-corrected chi connectivity index (χ3v) is 3.92. The number of hydrogen-bond acceptors (Lipinski definition) is 3. The summed E-state index contributed by atoms with van der Waals surface area (Å²) in [5.41, 5.74) is 1.73. The lowest BCUT2D eigenvalue weighted by atomic mass is 10.1. The first-order chi connectivity index (χ1) is 9.06. The molecule has 1 atom stereocenters. The van der Waals surface area contributed by atoms with Crippen LogP contribution in [0.2, 0.25) is 5.02 Å². The number of nitrogens with one attached hydrogen (secondary N) is 1. The van der Waals surface area contributed by atoms with Gasteiger partial charge < -0.3 is 5.32 Å². The molecule has 1 N–H and O–H groups in total. The summed E-state index contributed by atoms with van der Waals surface area (Å²) in [6, 6.07) is 7.41. The Morgan fingerprint density at radius 1 is 1.47 bits per heavy atom. The van der Waals surface area contributed by atoms with Crippen LogP contribution in [0.5, 0.6) is 0 Å². The first-order valence-corrected chi connectivity index (χ1v) is 7.27. The Bertz CT molecular complexity index is 582. The molecule has 2 aromatic rings. The van der Waals surface area contributed by atoms with E-state index < -0.39 is 0 Å². The van der Waals surface area contributed by atoms with Gasteiger partial charge in [-0.3, -0.25) is 4.79 Å². The zero-order valence-electron chi connectivity index (χ0n) is 10.8. The first kappa shape index (κ1) is 14.0. The van der Waals surface area contributed by atoms with Gasteiger partial charge in [-0.2, -0.15) is 0 Å². The number of aromatic nitrogens is 1. The van der Waals surface area contributed by atoms with E-state index in [0.717, 1.165) is 16.3 Å². The molecule has 0 aliphatic heterocycles. The topological polar surface area (TPSA) is 42.0 Å². The maximum absolute atomic E-state index is 11.9. The van der Waals surface area contributed by atoms with Crippen LogP contribution in [0.4, 0.5) is 0 Å². The van der Waals surface area contributed by atoms with Crippen LogP contribution in [0.1, 0.15) is 29.2 Å². The monoisotopic (exact) mass is 294 g/mol. The molecule has 100 valence electrons. The molecule has 0 radical (unpaired) electrons. The third kappa shape index (κ3) is 3.78. The number of hydrogen-bond donors (Lipinski definition) is 1. The van der Waals surface area contributed by atoms with Crippen LogP contribution >= 0.6 is 22.9 Å². The standard InChI is InChI=1S/C14H15ClN2OS/c1-9(12-5-3-4-6-13(12)15)16-14(18)7-11-8-19-10(2)17-11/h3-6,8-9H,7H2,1-2H3,(H,16,18)/t9-/m0/s1. The molecule has 1 amide bonds. The van der Waals surface area contributed by atoms with Crippen LogP contribution in [0, 0.1) is 6.92 Å². The Labute approximate surface area is 121 Å². The number of thiazole rings is 1. The molecule has 0 aliphatic rings. The molecule has 19 heavy (non-hydrogen) atoms. The Balaban J connectivity index is 1.97. The van der Waals surface area contributed by atoms with Gasteiger partial charge in [0.05, 0.1) is 23.2 Å². The number of aryl methyl sites for hydroxylation is 1. The molecule has 1 aromatic heterocycles. The lowest BCUT2D eigenvalue weighted by molar-refractivity contribution is -0.121. The Morgan fingerprint density at radius 3 is 2.84 bits per heavy atom. The minimum absolute atomic E-state index is 0.0438. The summed E-state index contributed by atoms with van der Waals surface area (Å²) < 4.78 is 0. The summed E-state index contributed by atoms with van der Waals surface area (Å²) >= 11 is 7.66. The van der Waals surface area contributed by atoms with Gasteiger partial charge in [0.2, 0.25) is 5.91 Å². The highest BCUT2D eigenvalue weighted by Crippen LogP contribution is 2.22. The molecule has 0 fully saturated rings. The number of benzene rings is 1. The molecule has 0 spiro atoms. The van der Waals surface area contributed by atoms with Crippen LogP contribution < -0.4 is 5.32 Å². The first-order valence-electron chi connectivity index (χ1n) is 6.01. The van der Waals surface area contributed by atoms with Crippen LogP contribution in [0.3, 0.4) is 0 Å². The molecular formula is C14H15ClN2OS. The van der Waals surface area contributed by atoms with Crippen molar-refractivity contribution >= 4 is 28.8 Å². The van der Waals surface area contributed by atoms with Crippen molar-refractivity contribution in [2.45, 2.75) is 26.3 Å². The minimum atomic E-state index is -0.110. The van der Waals surface area contributed by atoms with Crippen LogP contribution in [-0.4, -0.2) is 10.9 Å². The molecule has 0 saturated heterocycles. The highest BCUT2D eigenvalue weighted by atomic mass is 35.5. The van der Waals surface area contributed by atoms with Gasteiger partial charge in [0.25, 0.3) is 0 Å². The largest absolute Gasteiger partial charge is 0.349 e. The number of nitrogens with zero attached hydrogens (tertiary/aromatic N) is 1. The highest BCUT2D eigenvalue weighted by Gasteiger charge is 2.13. The average molecular weight is 295 g/mol. The van der Waals surface area contributed by atoms with E-state index in [9.17, 15) is 4.79 Å². The molecule has 3 nitrogen and oxygen atoms in total. The van der Waals surface area contributed by atoms with Crippen molar-refractivity contribution in [1.29, 1.82) is 0 Å². The quantitative estimate of drug-likeness (QED) is 0.937. The highest BCUT2D eigenvalue weighted by molar-refractivity contribution is 7.09.